The van der Waals surface area contributed by atoms with Gasteiger partial charge in [-0.3, -0.25) is 9.59 Å². The van der Waals surface area contributed by atoms with Crippen molar-refractivity contribution in [2.24, 2.45) is 0 Å². The first kappa shape index (κ1) is 15.1. The van der Waals surface area contributed by atoms with E-state index in [1.165, 1.54) is 16.3 Å². The van der Waals surface area contributed by atoms with Crippen LogP contribution in [0.4, 0.5) is 0 Å². The summed E-state index contributed by atoms with van der Waals surface area (Å²) in [4.78, 5) is 25.2. The van der Waals surface area contributed by atoms with E-state index in [0.29, 0.717) is 32.5 Å². The van der Waals surface area contributed by atoms with Gasteiger partial charge in [-0.1, -0.05) is 42.5 Å². The van der Waals surface area contributed by atoms with Crippen molar-refractivity contribution in [2.45, 2.75) is 31.6 Å². The largest absolute Gasteiger partial charge is 0.370 e. The van der Waals surface area contributed by atoms with Gasteiger partial charge in [0.1, 0.15) is 6.04 Å². The Morgan fingerprint density at radius 3 is 2.75 bits per heavy atom. The van der Waals surface area contributed by atoms with Crippen LogP contribution in [0, 0.1) is 0 Å². The molecular weight excluding hydrogens is 304 g/mol. The number of likely N-dealkylation sites (tertiary alicyclic amines) is 1. The molecule has 0 radical (unpaired) electrons. The zero-order valence-electron chi connectivity index (χ0n) is 13.4. The fourth-order valence-electron chi connectivity index (χ4n) is 3.37. The zero-order chi connectivity index (χ0) is 16.5. The number of rotatable bonds is 4. The summed E-state index contributed by atoms with van der Waals surface area (Å²) >= 11 is 0. The molecule has 2 amide bonds. The van der Waals surface area contributed by atoms with Gasteiger partial charge in [0.25, 0.3) is 0 Å². The van der Waals surface area contributed by atoms with Gasteiger partial charge in [0.05, 0.1) is 12.7 Å². The van der Waals surface area contributed by atoms with Gasteiger partial charge < -0.3 is 15.0 Å². The van der Waals surface area contributed by atoms with E-state index in [1.54, 1.807) is 4.90 Å². The SMILES string of the molecule is O=C1CC[C@H](C(=O)N2CC(OCc3cccc4ccccc34)C2)N1. The molecule has 2 heterocycles. The summed E-state index contributed by atoms with van der Waals surface area (Å²) in [6.45, 7) is 1.76. The number of nitrogens with one attached hydrogen (secondary N) is 1. The molecule has 0 aliphatic carbocycles. The maximum Gasteiger partial charge on any atom is 0.245 e. The molecule has 1 atom stereocenters. The van der Waals surface area contributed by atoms with E-state index in [4.69, 9.17) is 4.74 Å². The molecule has 4 rings (SSSR count). The Kier molecular flexibility index (Phi) is 3.94. The topological polar surface area (TPSA) is 58.6 Å². The molecule has 2 aliphatic heterocycles. The van der Waals surface area contributed by atoms with Crippen molar-refractivity contribution in [1.82, 2.24) is 10.2 Å². The van der Waals surface area contributed by atoms with E-state index in [0.717, 1.165) is 0 Å². The van der Waals surface area contributed by atoms with Crippen molar-refractivity contribution in [2.75, 3.05) is 13.1 Å². The average Bonchev–Trinajstić information content (AvgIpc) is 3.00. The Hall–Kier alpha value is -2.40. The molecule has 0 unspecified atom stereocenters. The Balaban J connectivity index is 1.31. The van der Waals surface area contributed by atoms with Crippen molar-refractivity contribution >= 4 is 22.6 Å². The third kappa shape index (κ3) is 2.87. The number of ether oxygens (including phenoxy) is 1. The highest BCUT2D eigenvalue weighted by Crippen LogP contribution is 2.22. The van der Waals surface area contributed by atoms with Crippen LogP contribution >= 0.6 is 0 Å². The second-order valence-corrected chi connectivity index (χ2v) is 6.47. The first-order valence-electron chi connectivity index (χ1n) is 8.37. The van der Waals surface area contributed by atoms with E-state index in [2.05, 4.69) is 29.6 Å². The summed E-state index contributed by atoms with van der Waals surface area (Å²) in [5.41, 5.74) is 1.17. The highest BCUT2D eigenvalue weighted by atomic mass is 16.5. The highest BCUT2D eigenvalue weighted by molar-refractivity contribution is 5.91. The minimum Gasteiger partial charge on any atom is -0.370 e. The standard InChI is InChI=1S/C19H20N2O3/c22-18-9-8-17(20-18)19(23)21-10-15(11-21)24-12-14-6-3-5-13-4-1-2-7-16(13)14/h1-7,15,17H,8-12H2,(H,20,22)/t17-/m1/s1. The molecule has 5 nitrogen and oxygen atoms in total. The van der Waals surface area contributed by atoms with Gasteiger partial charge >= 0.3 is 0 Å². The monoisotopic (exact) mass is 324 g/mol. The number of nitrogens with zero attached hydrogens (tertiary/aromatic N) is 1. The van der Waals surface area contributed by atoms with Crippen LogP contribution in [0.2, 0.25) is 0 Å². The summed E-state index contributed by atoms with van der Waals surface area (Å²) in [5, 5.41) is 5.14. The summed E-state index contributed by atoms with van der Waals surface area (Å²) in [7, 11) is 0. The normalized spacial score (nSPS) is 20.9. The molecule has 5 heteroatoms. The molecule has 2 aliphatic rings. The quantitative estimate of drug-likeness (QED) is 0.934. The number of hydrogen-bond donors (Lipinski definition) is 1. The smallest absolute Gasteiger partial charge is 0.245 e. The Morgan fingerprint density at radius 1 is 1.17 bits per heavy atom. The van der Waals surface area contributed by atoms with E-state index >= 15 is 0 Å². The van der Waals surface area contributed by atoms with Crippen molar-refractivity contribution in [3.8, 4) is 0 Å². The third-order valence-electron chi connectivity index (χ3n) is 4.81. The number of carbonyl (C=O) groups excluding carboxylic acids is 2. The first-order valence-corrected chi connectivity index (χ1v) is 8.37. The fraction of sp³-hybridized carbons (Fsp3) is 0.368. The highest BCUT2D eigenvalue weighted by Gasteiger charge is 2.37. The maximum atomic E-state index is 12.2. The van der Waals surface area contributed by atoms with E-state index in [9.17, 15) is 9.59 Å². The fourth-order valence-corrected chi connectivity index (χ4v) is 3.37. The number of benzene rings is 2. The van der Waals surface area contributed by atoms with Crippen molar-refractivity contribution in [3.05, 3.63) is 48.0 Å². The van der Waals surface area contributed by atoms with Crippen LogP contribution in [0.25, 0.3) is 10.8 Å². The molecule has 2 aromatic rings. The Morgan fingerprint density at radius 2 is 1.96 bits per heavy atom. The molecule has 2 fully saturated rings. The Bertz CT molecular complexity index is 778. The summed E-state index contributed by atoms with van der Waals surface area (Å²) in [5.74, 6) is -0.0107. The van der Waals surface area contributed by atoms with Crippen LogP contribution < -0.4 is 5.32 Å². The molecule has 1 N–H and O–H groups in total. The summed E-state index contributed by atoms with van der Waals surface area (Å²) in [6.07, 6.45) is 1.13. The van der Waals surface area contributed by atoms with Gasteiger partial charge in [-0.05, 0) is 22.8 Å². The van der Waals surface area contributed by atoms with Crippen LogP contribution in [0.3, 0.4) is 0 Å². The minimum atomic E-state index is -0.337. The van der Waals surface area contributed by atoms with E-state index in [1.807, 2.05) is 18.2 Å². The van der Waals surface area contributed by atoms with Gasteiger partial charge in [-0.15, -0.1) is 0 Å². The molecule has 0 saturated carbocycles. The summed E-state index contributed by atoms with van der Waals surface area (Å²) in [6, 6.07) is 14.1. The maximum absolute atomic E-state index is 12.2. The van der Waals surface area contributed by atoms with Gasteiger partial charge in [-0.2, -0.15) is 0 Å². The predicted octanol–water partition coefficient (Wildman–Crippen LogP) is 1.85. The first-order chi connectivity index (χ1) is 11.7. The minimum absolute atomic E-state index is 0.0193. The molecule has 0 spiro atoms. The van der Waals surface area contributed by atoms with E-state index in [-0.39, 0.29) is 24.0 Å². The number of amides is 2. The van der Waals surface area contributed by atoms with Crippen molar-refractivity contribution in [3.63, 3.8) is 0 Å². The molecule has 2 saturated heterocycles. The predicted molar refractivity (Wildman–Crippen MR) is 90.3 cm³/mol. The lowest BCUT2D eigenvalue weighted by molar-refractivity contribution is -0.148. The second kappa shape index (κ2) is 6.24. The Labute approximate surface area is 140 Å². The van der Waals surface area contributed by atoms with Crippen molar-refractivity contribution < 1.29 is 14.3 Å². The van der Waals surface area contributed by atoms with Gasteiger partial charge in [0, 0.05) is 19.5 Å². The summed E-state index contributed by atoms with van der Waals surface area (Å²) < 4.78 is 5.96. The molecule has 24 heavy (non-hydrogen) atoms. The third-order valence-corrected chi connectivity index (χ3v) is 4.81. The lowest BCUT2D eigenvalue weighted by Crippen LogP contribution is -2.58. The van der Waals surface area contributed by atoms with Gasteiger partial charge in [0.15, 0.2) is 0 Å². The van der Waals surface area contributed by atoms with Crippen LogP contribution in [0.5, 0.6) is 0 Å². The number of carbonyl (C=O) groups is 2. The molecule has 124 valence electrons. The molecule has 2 aromatic carbocycles. The lowest BCUT2D eigenvalue weighted by atomic mass is 10.0. The molecule has 0 bridgehead atoms. The van der Waals surface area contributed by atoms with Crippen LogP contribution in [-0.2, 0) is 20.9 Å². The lowest BCUT2D eigenvalue weighted by Gasteiger charge is -2.40. The number of hydrogen-bond acceptors (Lipinski definition) is 3. The van der Waals surface area contributed by atoms with Crippen LogP contribution in [0.15, 0.2) is 42.5 Å². The molecule has 0 aromatic heterocycles. The second-order valence-electron chi connectivity index (χ2n) is 6.47. The van der Waals surface area contributed by atoms with Gasteiger partial charge in [0.2, 0.25) is 11.8 Å². The van der Waals surface area contributed by atoms with Crippen molar-refractivity contribution in [1.29, 1.82) is 0 Å². The zero-order valence-corrected chi connectivity index (χ0v) is 13.4. The van der Waals surface area contributed by atoms with E-state index < -0.39 is 0 Å². The van der Waals surface area contributed by atoms with Gasteiger partial charge in [-0.25, -0.2) is 0 Å². The van der Waals surface area contributed by atoms with Crippen LogP contribution in [0.1, 0.15) is 18.4 Å². The number of fused-ring (bicyclic) bond motifs is 1. The van der Waals surface area contributed by atoms with Crippen LogP contribution in [-0.4, -0.2) is 41.9 Å². The average molecular weight is 324 g/mol. The molecular formula is C19H20N2O3.